The largest absolute Gasteiger partial charge is 0.341 e. The first-order valence-corrected chi connectivity index (χ1v) is 7.15. The summed E-state index contributed by atoms with van der Waals surface area (Å²) in [5.41, 5.74) is 7.37. The molecule has 1 aromatic rings. The fraction of sp³-hybridized carbons (Fsp3) is 0.562. The second-order valence-corrected chi connectivity index (χ2v) is 5.88. The highest BCUT2D eigenvalue weighted by Gasteiger charge is 2.32. The van der Waals surface area contributed by atoms with E-state index < -0.39 is 6.04 Å². The molecule has 1 amide bonds. The first kappa shape index (κ1) is 14.1. The van der Waals surface area contributed by atoms with E-state index in [1.165, 1.54) is 6.42 Å². The topological polar surface area (TPSA) is 46.3 Å². The van der Waals surface area contributed by atoms with Crippen LogP contribution in [0, 0.1) is 5.41 Å². The van der Waals surface area contributed by atoms with E-state index in [1.807, 2.05) is 35.2 Å². The highest BCUT2D eigenvalue weighted by atomic mass is 16.2. The quantitative estimate of drug-likeness (QED) is 0.908. The lowest BCUT2D eigenvalue weighted by Gasteiger charge is -2.39. The number of amides is 1. The zero-order chi connectivity index (χ0) is 13.9. The van der Waals surface area contributed by atoms with Crippen LogP contribution in [0.2, 0.25) is 0 Å². The summed E-state index contributed by atoms with van der Waals surface area (Å²) in [7, 11) is 0. The van der Waals surface area contributed by atoms with Gasteiger partial charge in [-0.3, -0.25) is 4.79 Å². The van der Waals surface area contributed by atoms with Crippen LogP contribution in [0.15, 0.2) is 30.3 Å². The van der Waals surface area contributed by atoms with Gasteiger partial charge in [-0.1, -0.05) is 50.6 Å². The predicted molar refractivity (Wildman–Crippen MR) is 77.6 cm³/mol. The van der Waals surface area contributed by atoms with E-state index in [9.17, 15) is 4.79 Å². The molecule has 1 heterocycles. The third-order valence-corrected chi connectivity index (χ3v) is 4.56. The monoisotopic (exact) mass is 260 g/mol. The Morgan fingerprint density at radius 2 is 1.89 bits per heavy atom. The minimum atomic E-state index is -0.521. The third kappa shape index (κ3) is 3.16. The number of piperidine rings is 1. The van der Waals surface area contributed by atoms with Gasteiger partial charge >= 0.3 is 0 Å². The molecule has 3 heteroatoms. The summed E-state index contributed by atoms with van der Waals surface area (Å²) >= 11 is 0. The fourth-order valence-corrected chi connectivity index (χ4v) is 2.62. The molecule has 1 fully saturated rings. The Hall–Kier alpha value is -1.35. The van der Waals surface area contributed by atoms with Crippen LogP contribution in [0.4, 0.5) is 0 Å². The Kier molecular flexibility index (Phi) is 4.25. The average molecular weight is 260 g/mol. The summed E-state index contributed by atoms with van der Waals surface area (Å²) in [6.07, 6.45) is 3.34. The fourth-order valence-electron chi connectivity index (χ4n) is 2.62. The molecule has 1 atom stereocenters. The van der Waals surface area contributed by atoms with Crippen molar-refractivity contribution in [2.24, 2.45) is 11.1 Å². The van der Waals surface area contributed by atoms with Crippen molar-refractivity contribution in [2.75, 3.05) is 13.1 Å². The summed E-state index contributed by atoms with van der Waals surface area (Å²) in [5, 5.41) is 0. The van der Waals surface area contributed by atoms with Gasteiger partial charge in [-0.15, -0.1) is 0 Å². The number of carbonyl (C=O) groups is 1. The lowest BCUT2D eigenvalue weighted by molar-refractivity contribution is -0.135. The van der Waals surface area contributed by atoms with Crippen LogP contribution in [0.3, 0.4) is 0 Å². The molecule has 3 nitrogen and oxygen atoms in total. The Morgan fingerprint density at radius 3 is 2.42 bits per heavy atom. The van der Waals surface area contributed by atoms with Gasteiger partial charge in [0.25, 0.3) is 0 Å². The number of hydrogen-bond donors (Lipinski definition) is 1. The van der Waals surface area contributed by atoms with E-state index in [4.69, 9.17) is 5.73 Å². The molecule has 0 aromatic heterocycles. The standard InChI is InChI=1S/C16H24N2O/c1-3-16(2)9-11-18(12-10-16)15(19)14(17)13-7-5-4-6-8-13/h4-8,14H,3,9-12,17H2,1-2H3/t14-/m0/s1. The average Bonchev–Trinajstić information content (AvgIpc) is 2.47. The highest BCUT2D eigenvalue weighted by molar-refractivity contribution is 5.83. The maximum Gasteiger partial charge on any atom is 0.244 e. The van der Waals surface area contributed by atoms with Crippen LogP contribution in [0.5, 0.6) is 0 Å². The van der Waals surface area contributed by atoms with Crippen molar-refractivity contribution in [3.05, 3.63) is 35.9 Å². The van der Waals surface area contributed by atoms with Gasteiger partial charge in [0, 0.05) is 13.1 Å². The van der Waals surface area contributed by atoms with Crippen molar-refractivity contribution >= 4 is 5.91 Å². The van der Waals surface area contributed by atoms with Gasteiger partial charge in [-0.25, -0.2) is 0 Å². The van der Waals surface area contributed by atoms with E-state index >= 15 is 0 Å². The Bertz CT molecular complexity index is 422. The van der Waals surface area contributed by atoms with Gasteiger partial charge < -0.3 is 10.6 Å². The lowest BCUT2D eigenvalue weighted by atomic mass is 9.78. The van der Waals surface area contributed by atoms with Gasteiger partial charge in [-0.2, -0.15) is 0 Å². The van der Waals surface area contributed by atoms with Gasteiger partial charge in [-0.05, 0) is 23.8 Å². The molecule has 1 aliphatic heterocycles. The van der Waals surface area contributed by atoms with Crippen molar-refractivity contribution in [2.45, 2.75) is 39.2 Å². The number of carbonyl (C=O) groups excluding carboxylic acids is 1. The summed E-state index contributed by atoms with van der Waals surface area (Å²) < 4.78 is 0. The smallest absolute Gasteiger partial charge is 0.244 e. The lowest BCUT2D eigenvalue weighted by Crippen LogP contribution is -2.45. The summed E-state index contributed by atoms with van der Waals surface area (Å²) in [6, 6.07) is 9.10. The van der Waals surface area contributed by atoms with E-state index in [0.29, 0.717) is 5.41 Å². The van der Waals surface area contributed by atoms with Gasteiger partial charge in [0.05, 0.1) is 0 Å². The van der Waals surface area contributed by atoms with Crippen molar-refractivity contribution in [3.63, 3.8) is 0 Å². The second kappa shape index (κ2) is 5.74. The molecule has 2 N–H and O–H groups in total. The van der Waals surface area contributed by atoms with Crippen LogP contribution in [-0.4, -0.2) is 23.9 Å². The minimum Gasteiger partial charge on any atom is -0.341 e. The number of hydrogen-bond acceptors (Lipinski definition) is 2. The second-order valence-electron chi connectivity index (χ2n) is 5.88. The van der Waals surface area contributed by atoms with Crippen molar-refractivity contribution < 1.29 is 4.79 Å². The van der Waals surface area contributed by atoms with Gasteiger partial charge in [0.1, 0.15) is 6.04 Å². The van der Waals surface area contributed by atoms with Crippen LogP contribution in [0.25, 0.3) is 0 Å². The molecule has 0 spiro atoms. The molecule has 0 saturated carbocycles. The Labute approximate surface area is 115 Å². The molecule has 0 aliphatic carbocycles. The molecular formula is C16H24N2O. The number of nitrogens with zero attached hydrogens (tertiary/aromatic N) is 1. The third-order valence-electron chi connectivity index (χ3n) is 4.56. The molecule has 1 saturated heterocycles. The van der Waals surface area contributed by atoms with Crippen molar-refractivity contribution in [3.8, 4) is 0 Å². The highest BCUT2D eigenvalue weighted by Crippen LogP contribution is 2.34. The maximum atomic E-state index is 12.4. The SMILES string of the molecule is CCC1(C)CCN(C(=O)[C@@H](N)c2ccccc2)CC1. The number of rotatable bonds is 3. The minimum absolute atomic E-state index is 0.0596. The summed E-state index contributed by atoms with van der Waals surface area (Å²) in [4.78, 5) is 14.3. The van der Waals surface area contributed by atoms with E-state index in [1.54, 1.807) is 0 Å². The number of nitrogens with two attached hydrogens (primary N) is 1. The number of benzene rings is 1. The zero-order valence-electron chi connectivity index (χ0n) is 11.9. The molecule has 0 unspecified atom stereocenters. The van der Waals surface area contributed by atoms with Gasteiger partial charge in [0.2, 0.25) is 5.91 Å². The molecular weight excluding hydrogens is 236 g/mol. The van der Waals surface area contributed by atoms with Crippen LogP contribution >= 0.6 is 0 Å². The van der Waals surface area contributed by atoms with Crippen LogP contribution in [-0.2, 0) is 4.79 Å². The Balaban J connectivity index is 1.98. The van der Waals surface area contributed by atoms with E-state index in [2.05, 4.69) is 13.8 Å². The molecule has 0 radical (unpaired) electrons. The van der Waals surface area contributed by atoms with Gasteiger partial charge in [0.15, 0.2) is 0 Å². The predicted octanol–water partition coefficient (Wildman–Crippen LogP) is 2.73. The molecule has 1 aliphatic rings. The zero-order valence-corrected chi connectivity index (χ0v) is 11.9. The molecule has 104 valence electrons. The van der Waals surface area contributed by atoms with Crippen LogP contribution < -0.4 is 5.73 Å². The first-order valence-electron chi connectivity index (χ1n) is 7.15. The molecule has 0 bridgehead atoms. The van der Waals surface area contributed by atoms with Crippen molar-refractivity contribution in [1.29, 1.82) is 0 Å². The molecule has 1 aromatic carbocycles. The Morgan fingerprint density at radius 1 is 1.32 bits per heavy atom. The molecule has 19 heavy (non-hydrogen) atoms. The van der Waals surface area contributed by atoms with E-state index in [-0.39, 0.29) is 5.91 Å². The van der Waals surface area contributed by atoms with Crippen molar-refractivity contribution in [1.82, 2.24) is 4.90 Å². The summed E-state index contributed by atoms with van der Waals surface area (Å²) in [6.45, 7) is 6.21. The van der Waals surface area contributed by atoms with Crippen LogP contribution in [0.1, 0.15) is 44.7 Å². The number of likely N-dealkylation sites (tertiary alicyclic amines) is 1. The maximum absolute atomic E-state index is 12.4. The normalized spacial score (nSPS) is 20.1. The first-order chi connectivity index (χ1) is 9.06. The van der Waals surface area contributed by atoms with E-state index in [0.717, 1.165) is 31.5 Å². The molecule has 2 rings (SSSR count). The summed E-state index contributed by atoms with van der Waals surface area (Å²) in [5.74, 6) is 0.0596.